The predicted octanol–water partition coefficient (Wildman–Crippen LogP) is 3.18. The highest BCUT2D eigenvalue weighted by Gasteiger charge is 2.60. The number of hydrogen-bond donors (Lipinski definition) is 1. The number of amides is 1. The zero-order valence-corrected chi connectivity index (χ0v) is 20.2. The highest BCUT2D eigenvalue weighted by Crippen LogP contribution is 2.51. The van der Waals surface area contributed by atoms with E-state index < -0.39 is 22.9 Å². The first-order valence-electron chi connectivity index (χ1n) is 11.3. The van der Waals surface area contributed by atoms with Crippen LogP contribution in [0, 0.1) is 22.0 Å². The molecular formula is C24H24N4O6S. The summed E-state index contributed by atoms with van der Waals surface area (Å²) in [7, 11) is 0. The molecule has 4 heterocycles. The van der Waals surface area contributed by atoms with Crippen molar-refractivity contribution in [1.82, 2.24) is 14.3 Å². The molecule has 1 fully saturated rings. The molecule has 5 rings (SSSR count). The predicted molar refractivity (Wildman–Crippen MR) is 127 cm³/mol. The molecule has 0 saturated carbocycles. The van der Waals surface area contributed by atoms with Crippen molar-refractivity contribution >= 4 is 39.3 Å². The second-order valence-electron chi connectivity index (χ2n) is 8.87. The van der Waals surface area contributed by atoms with Crippen LogP contribution in [-0.2, 0) is 27.4 Å². The van der Waals surface area contributed by atoms with Gasteiger partial charge >= 0.3 is 5.97 Å². The normalized spacial score (nSPS) is 22.3. The third-order valence-electron chi connectivity index (χ3n) is 6.77. The quantitative estimate of drug-likeness (QED) is 0.230. The SMILES string of the molecule is CCc1ncn2cc(C3=C(C(=O)OCc4ccc([N+](=O)[O-])cc4)N4C(=O)[C@H]([C@@H](C)O)[C@H]4[C@H]3C)sc12. The molecule has 2 aromatic heterocycles. The summed E-state index contributed by atoms with van der Waals surface area (Å²) in [5.74, 6) is -1.71. The van der Waals surface area contributed by atoms with E-state index >= 15 is 0 Å². The van der Waals surface area contributed by atoms with Crippen LogP contribution in [0.4, 0.5) is 5.69 Å². The Morgan fingerprint density at radius 2 is 2.06 bits per heavy atom. The van der Waals surface area contributed by atoms with Gasteiger partial charge in [-0.1, -0.05) is 13.8 Å². The number of imidazole rings is 1. The Bertz CT molecular complexity index is 1370. The molecule has 35 heavy (non-hydrogen) atoms. The summed E-state index contributed by atoms with van der Waals surface area (Å²) in [6.45, 7) is 5.48. The van der Waals surface area contributed by atoms with Crippen molar-refractivity contribution in [3.8, 4) is 0 Å². The van der Waals surface area contributed by atoms with E-state index in [1.165, 1.54) is 40.5 Å². The number of fused-ring (bicyclic) bond motifs is 2. The number of non-ortho nitro benzene ring substituents is 1. The second kappa shape index (κ2) is 8.58. The molecule has 1 aromatic carbocycles. The van der Waals surface area contributed by atoms with E-state index in [-0.39, 0.29) is 35.9 Å². The molecule has 0 spiro atoms. The Kier molecular flexibility index (Phi) is 5.68. The van der Waals surface area contributed by atoms with E-state index in [4.69, 9.17) is 4.74 Å². The molecular weight excluding hydrogens is 472 g/mol. The molecule has 1 saturated heterocycles. The van der Waals surface area contributed by atoms with E-state index in [2.05, 4.69) is 4.98 Å². The molecule has 10 nitrogen and oxygen atoms in total. The van der Waals surface area contributed by atoms with Crippen LogP contribution in [0.25, 0.3) is 10.4 Å². The maximum Gasteiger partial charge on any atom is 0.355 e. The largest absolute Gasteiger partial charge is 0.456 e. The summed E-state index contributed by atoms with van der Waals surface area (Å²) >= 11 is 1.51. The van der Waals surface area contributed by atoms with Gasteiger partial charge in [0, 0.05) is 29.8 Å². The molecule has 0 bridgehead atoms. The van der Waals surface area contributed by atoms with Gasteiger partial charge in [-0.15, -0.1) is 11.3 Å². The number of esters is 1. The number of rotatable bonds is 7. The van der Waals surface area contributed by atoms with Gasteiger partial charge in [0.2, 0.25) is 5.91 Å². The lowest BCUT2D eigenvalue weighted by Crippen LogP contribution is -2.63. The van der Waals surface area contributed by atoms with E-state index in [1.807, 2.05) is 24.4 Å². The number of hydrogen-bond acceptors (Lipinski definition) is 8. The first-order chi connectivity index (χ1) is 16.7. The molecule has 4 atom stereocenters. The van der Waals surface area contributed by atoms with E-state index in [0.29, 0.717) is 5.56 Å². The molecule has 0 radical (unpaired) electrons. The number of aliphatic hydroxyl groups is 1. The van der Waals surface area contributed by atoms with Gasteiger partial charge in [-0.3, -0.25) is 19.3 Å². The van der Waals surface area contributed by atoms with Gasteiger partial charge in [0.15, 0.2) is 0 Å². The van der Waals surface area contributed by atoms with Crippen molar-refractivity contribution < 1.29 is 24.4 Å². The molecule has 182 valence electrons. The minimum atomic E-state index is -0.835. The molecule has 0 unspecified atom stereocenters. The molecule has 2 aliphatic rings. The first kappa shape index (κ1) is 23.2. The minimum absolute atomic E-state index is 0.0529. The molecule has 1 amide bonds. The van der Waals surface area contributed by atoms with Crippen LogP contribution >= 0.6 is 11.3 Å². The number of carbonyl (C=O) groups is 2. The first-order valence-corrected chi connectivity index (χ1v) is 12.2. The van der Waals surface area contributed by atoms with Gasteiger partial charge in [0.1, 0.15) is 23.5 Å². The Hall–Kier alpha value is -3.57. The molecule has 1 N–H and O–H groups in total. The van der Waals surface area contributed by atoms with Gasteiger partial charge in [0.05, 0.1) is 33.6 Å². The lowest BCUT2D eigenvalue weighted by Gasteiger charge is -2.46. The summed E-state index contributed by atoms with van der Waals surface area (Å²) < 4.78 is 7.49. The fourth-order valence-electron chi connectivity index (χ4n) is 5.03. The van der Waals surface area contributed by atoms with Crippen LogP contribution < -0.4 is 0 Å². The monoisotopic (exact) mass is 496 g/mol. The van der Waals surface area contributed by atoms with Crippen molar-refractivity contribution in [3.63, 3.8) is 0 Å². The Morgan fingerprint density at radius 1 is 1.34 bits per heavy atom. The van der Waals surface area contributed by atoms with Crippen LogP contribution in [0.1, 0.15) is 36.9 Å². The third-order valence-corrected chi connectivity index (χ3v) is 7.95. The van der Waals surface area contributed by atoms with Gasteiger partial charge in [-0.2, -0.15) is 0 Å². The zero-order valence-electron chi connectivity index (χ0n) is 19.4. The van der Waals surface area contributed by atoms with Crippen LogP contribution in [0.15, 0.2) is 42.5 Å². The second-order valence-corrected chi connectivity index (χ2v) is 9.90. The average molecular weight is 497 g/mol. The van der Waals surface area contributed by atoms with Crippen molar-refractivity contribution in [1.29, 1.82) is 0 Å². The average Bonchev–Trinajstić information content (AvgIpc) is 3.47. The Morgan fingerprint density at radius 3 is 2.69 bits per heavy atom. The Balaban J connectivity index is 1.49. The van der Waals surface area contributed by atoms with Crippen LogP contribution in [0.3, 0.4) is 0 Å². The zero-order chi connectivity index (χ0) is 25.0. The molecule has 3 aromatic rings. The van der Waals surface area contributed by atoms with Crippen molar-refractivity contribution in [2.45, 2.75) is 45.9 Å². The number of thiazole rings is 1. The number of carbonyl (C=O) groups excluding carboxylic acids is 2. The van der Waals surface area contributed by atoms with E-state index in [0.717, 1.165) is 27.4 Å². The number of β-lactam (4-membered cyclic amide) rings is 1. The number of benzene rings is 1. The molecule has 0 aliphatic carbocycles. The van der Waals surface area contributed by atoms with Gasteiger partial charge in [0.25, 0.3) is 5.69 Å². The van der Waals surface area contributed by atoms with Crippen LogP contribution in [0.5, 0.6) is 0 Å². The number of aromatic nitrogens is 2. The fourth-order valence-corrected chi connectivity index (χ4v) is 6.32. The van der Waals surface area contributed by atoms with Gasteiger partial charge in [-0.25, -0.2) is 9.78 Å². The number of nitrogens with zero attached hydrogens (tertiary/aromatic N) is 4. The summed E-state index contributed by atoms with van der Waals surface area (Å²) in [4.78, 5) is 44.4. The van der Waals surface area contributed by atoms with E-state index in [1.54, 1.807) is 13.3 Å². The summed E-state index contributed by atoms with van der Waals surface area (Å²) in [6.07, 6.45) is 3.58. The maximum atomic E-state index is 13.4. The number of nitro benzene ring substituents is 1. The van der Waals surface area contributed by atoms with Crippen LogP contribution in [-0.4, -0.2) is 48.3 Å². The summed E-state index contributed by atoms with van der Waals surface area (Å²) in [5, 5.41) is 21.1. The van der Waals surface area contributed by atoms with Crippen molar-refractivity contribution in [3.05, 3.63) is 68.7 Å². The number of aliphatic hydroxyl groups excluding tert-OH is 1. The standard InChI is InChI=1S/C24H24N4O6S/c1-4-16-23-26(11-25-16)9-17(35-23)18-12(2)20-19(13(3)29)22(30)27(20)21(18)24(31)34-10-14-5-7-15(8-6-14)28(32)33/h5-9,11-13,19-20,29H,4,10H2,1-3H3/t12-,13+,19+,20+/m0/s1. The number of aryl methyl sites for hydroxylation is 1. The van der Waals surface area contributed by atoms with Gasteiger partial charge in [-0.05, 0) is 31.0 Å². The Labute approximate surface area is 204 Å². The molecule has 2 aliphatic heterocycles. The summed E-state index contributed by atoms with van der Waals surface area (Å²) in [5.41, 5.74) is 2.41. The maximum absolute atomic E-state index is 13.4. The topological polar surface area (TPSA) is 127 Å². The summed E-state index contributed by atoms with van der Waals surface area (Å²) in [6, 6.07) is 5.43. The fraction of sp³-hybridized carbons (Fsp3) is 0.375. The smallest absolute Gasteiger partial charge is 0.355 e. The lowest BCUT2D eigenvalue weighted by atomic mass is 9.77. The lowest BCUT2D eigenvalue weighted by molar-refractivity contribution is -0.384. The highest BCUT2D eigenvalue weighted by atomic mass is 32.1. The van der Waals surface area contributed by atoms with Crippen molar-refractivity contribution in [2.75, 3.05) is 0 Å². The third kappa shape index (κ3) is 3.62. The van der Waals surface area contributed by atoms with Crippen LogP contribution in [0.2, 0.25) is 0 Å². The van der Waals surface area contributed by atoms with Gasteiger partial charge < -0.3 is 14.7 Å². The van der Waals surface area contributed by atoms with Crippen molar-refractivity contribution in [2.24, 2.45) is 11.8 Å². The van der Waals surface area contributed by atoms with E-state index in [9.17, 15) is 24.8 Å². The minimum Gasteiger partial charge on any atom is -0.456 e. The number of ether oxygens (including phenoxy) is 1. The highest BCUT2D eigenvalue weighted by molar-refractivity contribution is 7.18. The molecule has 11 heteroatoms. The number of nitro groups is 1.